The number of sulfone groups is 1. The molecule has 0 aliphatic carbocycles. The third-order valence-corrected chi connectivity index (χ3v) is 4.51. The van der Waals surface area contributed by atoms with Gasteiger partial charge in [0.1, 0.15) is 6.07 Å². The normalized spacial score (nSPS) is 10.8. The summed E-state index contributed by atoms with van der Waals surface area (Å²) in [5.41, 5.74) is 2.42. The Kier molecular flexibility index (Phi) is 4.82. The van der Waals surface area contributed by atoms with Gasteiger partial charge in [-0.1, -0.05) is 12.1 Å². The second kappa shape index (κ2) is 6.63. The van der Waals surface area contributed by atoms with E-state index in [4.69, 9.17) is 5.26 Å². The molecule has 0 aromatic heterocycles. The van der Waals surface area contributed by atoms with E-state index in [9.17, 15) is 13.2 Å². The molecule has 0 saturated carbocycles. The molecule has 2 aromatic carbocycles. The van der Waals surface area contributed by atoms with E-state index in [0.29, 0.717) is 23.4 Å². The number of anilines is 1. The molecule has 2 aromatic rings. The van der Waals surface area contributed by atoms with Crippen LogP contribution in [0.5, 0.6) is 0 Å². The molecule has 2 rings (SSSR count). The lowest BCUT2D eigenvalue weighted by Crippen LogP contribution is -2.04. The van der Waals surface area contributed by atoms with Crippen LogP contribution in [-0.4, -0.2) is 20.5 Å². The summed E-state index contributed by atoms with van der Waals surface area (Å²) >= 11 is 0. The molecule has 23 heavy (non-hydrogen) atoms. The molecule has 0 radical (unpaired) electrons. The van der Waals surface area contributed by atoms with Crippen LogP contribution in [0.25, 0.3) is 0 Å². The third kappa shape index (κ3) is 4.18. The first kappa shape index (κ1) is 16.7. The average molecular weight is 328 g/mol. The summed E-state index contributed by atoms with van der Waals surface area (Å²) in [6, 6.07) is 13.5. The van der Waals surface area contributed by atoms with Crippen molar-refractivity contribution in [2.45, 2.75) is 18.4 Å². The van der Waals surface area contributed by atoms with Gasteiger partial charge in [0.05, 0.1) is 16.1 Å². The van der Waals surface area contributed by atoms with Gasteiger partial charge in [0.2, 0.25) is 0 Å². The topological polar surface area (TPSA) is 87.0 Å². The maximum absolute atomic E-state index is 11.4. The molecule has 0 amide bonds. The van der Waals surface area contributed by atoms with Crippen LogP contribution in [0.1, 0.15) is 28.4 Å². The molecule has 118 valence electrons. The summed E-state index contributed by atoms with van der Waals surface area (Å²) in [6.45, 7) is 1.88. The van der Waals surface area contributed by atoms with Gasteiger partial charge in [-0.05, 0) is 42.8 Å². The molecule has 0 aliphatic rings. The van der Waals surface area contributed by atoms with E-state index in [0.717, 1.165) is 11.8 Å². The first-order valence-electron chi connectivity index (χ1n) is 6.89. The maximum atomic E-state index is 11.4. The number of hydrogen-bond donors (Lipinski definition) is 1. The number of nitriles is 1. The molecule has 0 aliphatic heterocycles. The fourth-order valence-electron chi connectivity index (χ4n) is 2.06. The van der Waals surface area contributed by atoms with Crippen LogP contribution in [0.3, 0.4) is 0 Å². The Morgan fingerprint density at radius 3 is 2.35 bits per heavy atom. The van der Waals surface area contributed by atoms with Crippen molar-refractivity contribution in [3.63, 3.8) is 0 Å². The molecule has 0 saturated heterocycles. The number of ketones is 1. The first-order valence-corrected chi connectivity index (χ1v) is 8.78. The Labute approximate surface area is 135 Å². The zero-order valence-corrected chi connectivity index (χ0v) is 13.6. The number of rotatable bonds is 5. The van der Waals surface area contributed by atoms with Crippen LogP contribution in [0.4, 0.5) is 5.69 Å². The predicted octanol–water partition coefficient (Wildman–Crippen LogP) is 2.78. The smallest absolute Gasteiger partial charge is 0.175 e. The van der Waals surface area contributed by atoms with Gasteiger partial charge in [-0.15, -0.1) is 0 Å². The molecule has 0 bridgehead atoms. The number of hydrogen-bond acceptors (Lipinski definition) is 5. The van der Waals surface area contributed by atoms with Crippen LogP contribution < -0.4 is 5.32 Å². The lowest BCUT2D eigenvalue weighted by atomic mass is 10.1. The quantitative estimate of drug-likeness (QED) is 0.853. The minimum Gasteiger partial charge on any atom is -0.380 e. The fraction of sp³-hybridized carbons (Fsp3) is 0.176. The van der Waals surface area contributed by atoms with E-state index >= 15 is 0 Å². The van der Waals surface area contributed by atoms with Crippen LogP contribution in [0.2, 0.25) is 0 Å². The van der Waals surface area contributed by atoms with Gasteiger partial charge in [0.25, 0.3) is 0 Å². The highest BCUT2D eigenvalue weighted by Gasteiger charge is 2.08. The number of nitrogens with zero attached hydrogens (tertiary/aromatic N) is 1. The zero-order chi connectivity index (χ0) is 17.0. The summed E-state index contributed by atoms with van der Waals surface area (Å²) in [5, 5.41) is 12.2. The van der Waals surface area contributed by atoms with Crippen molar-refractivity contribution in [3.05, 3.63) is 59.2 Å². The van der Waals surface area contributed by atoms with Crippen molar-refractivity contribution >= 4 is 21.3 Å². The largest absolute Gasteiger partial charge is 0.380 e. The van der Waals surface area contributed by atoms with Crippen molar-refractivity contribution in [1.82, 2.24) is 0 Å². The summed E-state index contributed by atoms with van der Waals surface area (Å²) in [6.07, 6.45) is 1.16. The fourth-order valence-corrected chi connectivity index (χ4v) is 2.69. The lowest BCUT2D eigenvalue weighted by Gasteiger charge is -2.10. The number of benzene rings is 2. The van der Waals surface area contributed by atoms with Gasteiger partial charge in [0, 0.05) is 18.4 Å². The monoisotopic (exact) mass is 328 g/mol. The van der Waals surface area contributed by atoms with Gasteiger partial charge in [-0.3, -0.25) is 4.79 Å². The zero-order valence-electron chi connectivity index (χ0n) is 12.8. The van der Waals surface area contributed by atoms with Gasteiger partial charge in [-0.2, -0.15) is 5.26 Å². The SMILES string of the molecule is CC(=O)c1ccc(C#N)c(NCc2ccc(S(C)(=O)=O)cc2)c1. The number of carbonyl (C=O) groups is 1. The van der Waals surface area contributed by atoms with Crippen LogP contribution in [-0.2, 0) is 16.4 Å². The minimum atomic E-state index is -3.21. The van der Waals surface area contributed by atoms with E-state index in [-0.39, 0.29) is 10.7 Å². The summed E-state index contributed by atoms with van der Waals surface area (Å²) in [5.74, 6) is -0.0740. The highest BCUT2D eigenvalue weighted by Crippen LogP contribution is 2.19. The van der Waals surface area contributed by atoms with Crippen molar-refractivity contribution in [2.75, 3.05) is 11.6 Å². The number of carbonyl (C=O) groups excluding carboxylic acids is 1. The first-order chi connectivity index (χ1) is 10.8. The van der Waals surface area contributed by atoms with E-state index in [1.165, 1.54) is 6.92 Å². The van der Waals surface area contributed by atoms with Gasteiger partial charge >= 0.3 is 0 Å². The molecule has 5 nitrogen and oxygen atoms in total. The maximum Gasteiger partial charge on any atom is 0.175 e. The Morgan fingerprint density at radius 1 is 1.17 bits per heavy atom. The predicted molar refractivity (Wildman–Crippen MR) is 88.0 cm³/mol. The number of nitrogens with one attached hydrogen (secondary N) is 1. The van der Waals surface area contributed by atoms with Crippen molar-refractivity contribution in [2.24, 2.45) is 0 Å². The Balaban J connectivity index is 2.19. The molecule has 1 N–H and O–H groups in total. The van der Waals surface area contributed by atoms with Gasteiger partial charge in [-0.25, -0.2) is 8.42 Å². The van der Waals surface area contributed by atoms with E-state index in [1.807, 2.05) is 0 Å². The molecule has 0 fully saturated rings. The molecule has 0 atom stereocenters. The molecular weight excluding hydrogens is 312 g/mol. The van der Waals surface area contributed by atoms with E-state index in [2.05, 4.69) is 11.4 Å². The van der Waals surface area contributed by atoms with Gasteiger partial charge < -0.3 is 5.32 Å². The Bertz CT molecular complexity index is 879. The molecule has 0 heterocycles. The summed E-state index contributed by atoms with van der Waals surface area (Å²) in [7, 11) is -3.21. The van der Waals surface area contributed by atoms with Gasteiger partial charge in [0.15, 0.2) is 15.6 Å². The average Bonchev–Trinajstić information content (AvgIpc) is 2.52. The summed E-state index contributed by atoms with van der Waals surface area (Å²) in [4.78, 5) is 11.7. The highest BCUT2D eigenvalue weighted by molar-refractivity contribution is 7.90. The molecule has 0 unspecified atom stereocenters. The van der Waals surface area contributed by atoms with E-state index < -0.39 is 9.84 Å². The molecule has 6 heteroatoms. The van der Waals surface area contributed by atoms with Crippen LogP contribution >= 0.6 is 0 Å². The van der Waals surface area contributed by atoms with Crippen molar-refractivity contribution in [3.8, 4) is 6.07 Å². The second-order valence-corrected chi connectivity index (χ2v) is 7.21. The standard InChI is InChI=1S/C17H16N2O3S/c1-12(20)14-5-6-15(10-18)17(9-14)19-11-13-3-7-16(8-4-13)23(2,21)22/h3-9,19H,11H2,1-2H3. The molecule has 0 spiro atoms. The van der Waals surface area contributed by atoms with Crippen molar-refractivity contribution in [1.29, 1.82) is 5.26 Å². The van der Waals surface area contributed by atoms with E-state index in [1.54, 1.807) is 42.5 Å². The van der Waals surface area contributed by atoms with Crippen LogP contribution in [0, 0.1) is 11.3 Å². The Hall–Kier alpha value is -2.65. The van der Waals surface area contributed by atoms with Crippen LogP contribution in [0.15, 0.2) is 47.4 Å². The highest BCUT2D eigenvalue weighted by atomic mass is 32.2. The molecular formula is C17H16N2O3S. The number of Topliss-reactive ketones (excluding diaryl/α,β-unsaturated/α-hetero) is 1. The van der Waals surface area contributed by atoms with Crippen molar-refractivity contribution < 1.29 is 13.2 Å². The third-order valence-electron chi connectivity index (χ3n) is 3.38. The minimum absolute atomic E-state index is 0.0740. The second-order valence-electron chi connectivity index (χ2n) is 5.20. The lowest BCUT2D eigenvalue weighted by molar-refractivity contribution is 0.101. The summed E-state index contributed by atoms with van der Waals surface area (Å²) < 4.78 is 22.8. The Morgan fingerprint density at radius 2 is 1.83 bits per heavy atom.